The lowest BCUT2D eigenvalue weighted by Crippen LogP contribution is -3.15. The van der Waals surface area contributed by atoms with Gasteiger partial charge in [-0.2, -0.15) is 0 Å². The number of benzene rings is 1. The van der Waals surface area contributed by atoms with Crippen LogP contribution >= 0.6 is 11.6 Å². The summed E-state index contributed by atoms with van der Waals surface area (Å²) in [5, 5.41) is 0.673. The summed E-state index contributed by atoms with van der Waals surface area (Å²) in [7, 11) is 0. The summed E-state index contributed by atoms with van der Waals surface area (Å²) in [5.74, 6) is -0.188. The number of esters is 1. The molecule has 2 rings (SSSR count). The lowest BCUT2D eigenvalue weighted by atomic mass is 10.1. The monoisotopic (exact) mass is 333 g/mol. The number of halogens is 2. The van der Waals surface area contributed by atoms with Gasteiger partial charge in [-0.1, -0.05) is 23.7 Å². The van der Waals surface area contributed by atoms with Crippen molar-refractivity contribution in [3.05, 3.63) is 34.9 Å². The number of carbonyl (C=O) groups excluding carboxylic acids is 1. The Kier molecular flexibility index (Phi) is 8.04. The number of morpholine rings is 1. The molecule has 1 aromatic rings. The van der Waals surface area contributed by atoms with Crippen molar-refractivity contribution in [3.63, 3.8) is 0 Å². The van der Waals surface area contributed by atoms with Gasteiger partial charge in [0.1, 0.15) is 25.7 Å². The van der Waals surface area contributed by atoms with E-state index in [0.29, 0.717) is 11.4 Å². The minimum atomic E-state index is -0.188. The summed E-state index contributed by atoms with van der Waals surface area (Å²) in [6.07, 6.45) is 0.225. The first kappa shape index (κ1) is 18.2. The van der Waals surface area contributed by atoms with E-state index >= 15 is 0 Å². The molecule has 1 aliphatic rings. The number of hydrogen-bond donors (Lipinski definition) is 1. The van der Waals surface area contributed by atoms with Crippen LogP contribution in [0.4, 0.5) is 0 Å². The highest BCUT2D eigenvalue weighted by Gasteiger charge is 2.19. The maximum Gasteiger partial charge on any atom is 0.310 e. The van der Waals surface area contributed by atoms with Crippen LogP contribution < -0.4 is 17.3 Å². The average Bonchev–Trinajstić information content (AvgIpc) is 2.42. The van der Waals surface area contributed by atoms with Crippen LogP contribution in [0.1, 0.15) is 12.5 Å². The molecule has 1 N–H and O–H groups in total. The van der Waals surface area contributed by atoms with E-state index in [1.807, 2.05) is 19.1 Å². The van der Waals surface area contributed by atoms with Crippen LogP contribution in [-0.2, 0) is 20.7 Å². The van der Waals surface area contributed by atoms with Gasteiger partial charge in [-0.3, -0.25) is 4.79 Å². The molecule has 21 heavy (non-hydrogen) atoms. The smallest absolute Gasteiger partial charge is 0.310 e. The number of quaternary nitrogens is 1. The normalized spacial score (nSPS) is 16.9. The zero-order valence-corrected chi connectivity index (χ0v) is 13.6. The third-order valence-corrected chi connectivity index (χ3v) is 3.62. The van der Waals surface area contributed by atoms with Crippen LogP contribution in [0.2, 0.25) is 5.02 Å². The van der Waals surface area contributed by atoms with Crippen LogP contribution in [0.25, 0.3) is 0 Å². The molecule has 4 nitrogen and oxygen atoms in total. The molecule has 0 spiro atoms. The van der Waals surface area contributed by atoms with Crippen molar-refractivity contribution in [2.45, 2.75) is 19.4 Å². The Morgan fingerprint density at radius 2 is 1.95 bits per heavy atom. The predicted molar refractivity (Wildman–Crippen MR) is 77.1 cm³/mol. The van der Waals surface area contributed by atoms with E-state index in [-0.39, 0.29) is 24.5 Å². The second kappa shape index (κ2) is 9.26. The van der Waals surface area contributed by atoms with E-state index in [9.17, 15) is 4.79 Å². The Hall–Kier alpha value is -0.810. The van der Waals surface area contributed by atoms with E-state index in [1.54, 1.807) is 12.1 Å². The van der Waals surface area contributed by atoms with Crippen molar-refractivity contribution in [2.75, 3.05) is 32.8 Å². The summed E-state index contributed by atoms with van der Waals surface area (Å²) < 4.78 is 10.8. The molecule has 1 heterocycles. The van der Waals surface area contributed by atoms with Gasteiger partial charge in [0.25, 0.3) is 0 Å². The number of carbonyl (C=O) groups is 1. The van der Waals surface area contributed by atoms with Crippen molar-refractivity contribution in [2.24, 2.45) is 0 Å². The van der Waals surface area contributed by atoms with Gasteiger partial charge < -0.3 is 26.8 Å². The fourth-order valence-electron chi connectivity index (χ4n) is 2.35. The zero-order chi connectivity index (χ0) is 14.4. The molecule has 0 radical (unpaired) electrons. The molecule has 6 heteroatoms. The molecule has 0 aromatic heterocycles. The summed E-state index contributed by atoms with van der Waals surface area (Å²) in [6, 6.07) is 7.26. The number of rotatable bonds is 5. The Morgan fingerprint density at radius 3 is 2.57 bits per heavy atom. The van der Waals surface area contributed by atoms with Gasteiger partial charge in [0, 0.05) is 5.02 Å². The first-order valence-corrected chi connectivity index (χ1v) is 7.36. The summed E-state index contributed by atoms with van der Waals surface area (Å²) in [5.41, 5.74) is 0.922. The van der Waals surface area contributed by atoms with Crippen molar-refractivity contribution in [3.8, 4) is 0 Å². The van der Waals surface area contributed by atoms with Crippen LogP contribution in [-0.4, -0.2) is 44.9 Å². The SMILES string of the molecule is CC(C[NH+]1CCOCC1)OC(=O)Cc1ccc(Cl)cc1.[Cl-]. The molecule has 0 saturated carbocycles. The molecule has 0 bridgehead atoms. The van der Waals surface area contributed by atoms with Crippen molar-refractivity contribution >= 4 is 17.6 Å². The second-order valence-electron chi connectivity index (χ2n) is 5.17. The van der Waals surface area contributed by atoms with Crippen molar-refractivity contribution in [1.82, 2.24) is 0 Å². The molecule has 1 aromatic carbocycles. The second-order valence-corrected chi connectivity index (χ2v) is 5.61. The molecule has 1 atom stereocenters. The quantitative estimate of drug-likeness (QED) is 0.618. The minimum Gasteiger partial charge on any atom is -1.00 e. The van der Waals surface area contributed by atoms with Crippen LogP contribution in [0, 0.1) is 0 Å². The highest BCUT2D eigenvalue weighted by atomic mass is 35.5. The number of ether oxygens (including phenoxy) is 2. The van der Waals surface area contributed by atoms with Crippen LogP contribution in [0.3, 0.4) is 0 Å². The summed E-state index contributed by atoms with van der Waals surface area (Å²) in [6.45, 7) is 6.34. The molecule has 1 saturated heterocycles. The van der Waals surface area contributed by atoms with Crippen molar-refractivity contribution in [1.29, 1.82) is 0 Å². The molecule has 0 aliphatic carbocycles. The Bertz CT molecular complexity index is 433. The molecular weight excluding hydrogens is 313 g/mol. The molecule has 1 fully saturated rings. The third kappa shape index (κ3) is 6.66. The highest BCUT2D eigenvalue weighted by Crippen LogP contribution is 2.10. The highest BCUT2D eigenvalue weighted by molar-refractivity contribution is 6.30. The summed E-state index contributed by atoms with van der Waals surface area (Å²) in [4.78, 5) is 13.3. The third-order valence-electron chi connectivity index (χ3n) is 3.37. The van der Waals surface area contributed by atoms with Gasteiger partial charge in [-0.05, 0) is 24.6 Å². The summed E-state index contributed by atoms with van der Waals surface area (Å²) >= 11 is 5.81. The Balaban J connectivity index is 0.00000220. The van der Waals surface area contributed by atoms with E-state index in [2.05, 4.69) is 0 Å². The standard InChI is InChI=1S/C15H20ClNO3.ClH/c1-12(11-17-6-8-19-9-7-17)20-15(18)10-13-2-4-14(16)5-3-13;/h2-5,12H,6-11H2,1H3;1H. The molecular formula is C15H21Cl2NO3. The predicted octanol–water partition coefficient (Wildman–Crippen LogP) is -2.27. The van der Waals surface area contributed by atoms with Gasteiger partial charge in [0.05, 0.1) is 19.6 Å². The van der Waals surface area contributed by atoms with Gasteiger partial charge in [-0.15, -0.1) is 0 Å². The molecule has 1 aliphatic heterocycles. The number of hydrogen-bond acceptors (Lipinski definition) is 3. The fourth-order valence-corrected chi connectivity index (χ4v) is 2.47. The average molecular weight is 334 g/mol. The van der Waals surface area contributed by atoms with Gasteiger partial charge >= 0.3 is 5.97 Å². The first-order valence-electron chi connectivity index (χ1n) is 6.99. The van der Waals surface area contributed by atoms with Gasteiger partial charge in [0.15, 0.2) is 0 Å². The van der Waals surface area contributed by atoms with Crippen LogP contribution in [0.15, 0.2) is 24.3 Å². The fraction of sp³-hybridized carbons (Fsp3) is 0.533. The van der Waals surface area contributed by atoms with E-state index in [4.69, 9.17) is 21.1 Å². The van der Waals surface area contributed by atoms with E-state index in [1.165, 1.54) is 4.90 Å². The van der Waals surface area contributed by atoms with E-state index < -0.39 is 0 Å². The van der Waals surface area contributed by atoms with E-state index in [0.717, 1.165) is 38.4 Å². The van der Waals surface area contributed by atoms with Crippen LogP contribution in [0.5, 0.6) is 0 Å². The zero-order valence-electron chi connectivity index (χ0n) is 12.1. The largest absolute Gasteiger partial charge is 1.00 e. The maximum absolute atomic E-state index is 11.9. The maximum atomic E-state index is 11.9. The Labute approximate surface area is 136 Å². The molecule has 118 valence electrons. The van der Waals surface area contributed by atoms with Crippen molar-refractivity contribution < 1.29 is 31.6 Å². The Morgan fingerprint density at radius 1 is 1.33 bits per heavy atom. The molecule has 0 amide bonds. The lowest BCUT2D eigenvalue weighted by Gasteiger charge is -2.26. The van der Waals surface area contributed by atoms with Gasteiger partial charge in [-0.25, -0.2) is 0 Å². The minimum absolute atomic E-state index is 0. The first-order chi connectivity index (χ1) is 9.63. The molecule has 1 unspecified atom stereocenters. The topological polar surface area (TPSA) is 40.0 Å². The number of nitrogens with one attached hydrogen (secondary N) is 1. The van der Waals surface area contributed by atoms with Gasteiger partial charge in [0.2, 0.25) is 0 Å². The lowest BCUT2D eigenvalue weighted by molar-refractivity contribution is -0.910.